The molecule has 0 aromatic heterocycles. The lowest BCUT2D eigenvalue weighted by Gasteiger charge is -2.25. The zero-order chi connectivity index (χ0) is 10.2. The van der Waals surface area contributed by atoms with Crippen molar-refractivity contribution in [1.29, 1.82) is 0 Å². The number of hydrogen-bond acceptors (Lipinski definition) is 1. The Hall–Kier alpha value is -0.530. The number of alkyl halides is 7. The molecule has 0 saturated heterocycles. The van der Waals surface area contributed by atoms with Crippen LogP contribution in [0.4, 0.5) is 30.7 Å². The summed E-state index contributed by atoms with van der Waals surface area (Å²) in [4.78, 5) is 0. The predicted octanol–water partition coefficient (Wildman–Crippen LogP) is 2.46. The highest BCUT2D eigenvalue weighted by Crippen LogP contribution is 2.46. The van der Waals surface area contributed by atoms with Crippen molar-refractivity contribution in [2.75, 3.05) is 0 Å². The van der Waals surface area contributed by atoms with Crippen LogP contribution in [0.3, 0.4) is 0 Å². The summed E-state index contributed by atoms with van der Waals surface area (Å²) in [5.74, 6) is -6.30. The average Bonchev–Trinajstić information content (AvgIpc) is 1.85. The molecule has 0 aliphatic carbocycles. The Labute approximate surface area is 62.1 Å². The monoisotopic (exact) mass is 198 g/mol. The fraction of sp³-hybridized carbons (Fsp3) is 0.750. The van der Waals surface area contributed by atoms with Gasteiger partial charge in [0.2, 0.25) is 0 Å². The number of rotatable bonds is 2. The molecule has 72 valence electrons. The van der Waals surface area contributed by atoms with Gasteiger partial charge in [-0.2, -0.15) is 30.7 Å². The zero-order valence-electron chi connectivity index (χ0n) is 5.13. The van der Waals surface area contributed by atoms with E-state index in [0.717, 1.165) is 0 Å². The summed E-state index contributed by atoms with van der Waals surface area (Å²) in [6, 6.07) is 0. The molecule has 2 radical (unpaired) electrons. The van der Waals surface area contributed by atoms with Crippen LogP contribution in [-0.4, -0.2) is 18.2 Å². The first kappa shape index (κ1) is 11.5. The van der Waals surface area contributed by atoms with Crippen LogP contribution in [0.1, 0.15) is 0 Å². The maximum absolute atomic E-state index is 11.6. The fourth-order valence-corrected chi connectivity index (χ4v) is 0.239. The maximum Gasteiger partial charge on any atom is 0.462 e. The maximum atomic E-state index is 11.6. The molecule has 0 spiro atoms. The van der Waals surface area contributed by atoms with E-state index in [1.54, 1.807) is 0 Å². The van der Waals surface area contributed by atoms with Crippen LogP contribution in [0, 0.1) is 7.11 Å². The van der Waals surface area contributed by atoms with Gasteiger partial charge in [0.1, 0.15) is 7.11 Å². The number of hydrogen-bond donors (Lipinski definition) is 0. The Bertz CT molecular complexity index is 159. The summed E-state index contributed by atoms with van der Waals surface area (Å²) >= 11 is 0. The molecule has 0 unspecified atom stereocenters. The van der Waals surface area contributed by atoms with Gasteiger partial charge < -0.3 is 4.74 Å². The Morgan fingerprint density at radius 1 is 0.833 bits per heavy atom. The van der Waals surface area contributed by atoms with E-state index in [0.29, 0.717) is 0 Å². The fourth-order valence-electron chi connectivity index (χ4n) is 0.239. The van der Waals surface area contributed by atoms with Gasteiger partial charge in [-0.15, -0.1) is 0 Å². The van der Waals surface area contributed by atoms with Crippen LogP contribution in [0.5, 0.6) is 0 Å². The second-order valence-corrected chi connectivity index (χ2v) is 1.71. The van der Waals surface area contributed by atoms with E-state index in [-0.39, 0.29) is 0 Å². The first-order chi connectivity index (χ1) is 5.06. The molecule has 0 aliphatic rings. The average molecular weight is 198 g/mol. The molecule has 0 atom stereocenters. The van der Waals surface area contributed by atoms with Gasteiger partial charge in [0.05, 0.1) is 0 Å². The van der Waals surface area contributed by atoms with Crippen molar-refractivity contribution in [1.82, 2.24) is 0 Å². The van der Waals surface area contributed by atoms with E-state index < -0.39 is 18.2 Å². The minimum Gasteiger partial charge on any atom is -0.306 e. The first-order valence-corrected chi connectivity index (χ1v) is 2.26. The molecular weight excluding hydrogens is 197 g/mol. The van der Waals surface area contributed by atoms with Gasteiger partial charge in [-0.1, -0.05) is 0 Å². The molecule has 0 amide bonds. The Balaban J connectivity index is 4.85. The number of ether oxygens (including phenoxy) is 1. The van der Waals surface area contributed by atoms with Crippen molar-refractivity contribution < 1.29 is 35.5 Å². The number of halogens is 7. The summed E-state index contributed by atoms with van der Waals surface area (Å²) in [7, 11) is 3.56. The largest absolute Gasteiger partial charge is 0.462 e. The standard InChI is InChI=1S/C4HF7O/c1-12-4(10,11)2(5,6)3(7,8)9/h1H. The summed E-state index contributed by atoms with van der Waals surface area (Å²) in [5.41, 5.74) is 0. The van der Waals surface area contributed by atoms with E-state index in [2.05, 4.69) is 11.8 Å². The molecule has 0 aliphatic heterocycles. The van der Waals surface area contributed by atoms with Crippen molar-refractivity contribution in [2.45, 2.75) is 18.2 Å². The van der Waals surface area contributed by atoms with Crippen LogP contribution in [-0.2, 0) is 4.74 Å². The summed E-state index contributed by atoms with van der Waals surface area (Å²) < 4.78 is 82.2. The predicted molar refractivity (Wildman–Crippen MR) is 21.3 cm³/mol. The van der Waals surface area contributed by atoms with Crippen LogP contribution >= 0.6 is 0 Å². The van der Waals surface area contributed by atoms with E-state index in [1.807, 2.05) is 0 Å². The van der Waals surface area contributed by atoms with Crippen molar-refractivity contribution in [2.24, 2.45) is 0 Å². The quantitative estimate of drug-likeness (QED) is 0.619. The van der Waals surface area contributed by atoms with Gasteiger partial charge in [-0.25, -0.2) is 0 Å². The molecule has 8 heteroatoms. The molecule has 0 N–H and O–H groups in total. The van der Waals surface area contributed by atoms with Crippen LogP contribution in [0.25, 0.3) is 0 Å². The van der Waals surface area contributed by atoms with Gasteiger partial charge in [0.25, 0.3) is 0 Å². The van der Waals surface area contributed by atoms with E-state index >= 15 is 0 Å². The lowest BCUT2D eigenvalue weighted by Crippen LogP contribution is -2.52. The third-order valence-electron chi connectivity index (χ3n) is 0.870. The second-order valence-electron chi connectivity index (χ2n) is 1.71. The molecule has 1 nitrogen and oxygen atoms in total. The van der Waals surface area contributed by atoms with Crippen LogP contribution in [0.15, 0.2) is 0 Å². The van der Waals surface area contributed by atoms with Crippen LogP contribution < -0.4 is 0 Å². The summed E-state index contributed by atoms with van der Waals surface area (Å²) in [5, 5.41) is 0. The minimum atomic E-state index is -6.41. The Morgan fingerprint density at radius 3 is 1.25 bits per heavy atom. The SMILES string of the molecule is [CH]OC(F)(F)C(F)(F)C(F)(F)F. The second kappa shape index (κ2) is 2.75. The Morgan fingerprint density at radius 2 is 1.17 bits per heavy atom. The lowest BCUT2D eigenvalue weighted by atomic mass is 10.3. The van der Waals surface area contributed by atoms with Crippen molar-refractivity contribution in [3.05, 3.63) is 7.11 Å². The molecule has 0 saturated carbocycles. The summed E-state index contributed by atoms with van der Waals surface area (Å²) in [6.07, 6.45) is -12.2. The molecule has 0 aromatic carbocycles. The third kappa shape index (κ3) is 1.62. The topological polar surface area (TPSA) is 9.23 Å². The summed E-state index contributed by atoms with van der Waals surface area (Å²) in [6.45, 7) is 0. The molecular formula is C4HF7O. The molecule has 0 fully saturated rings. The van der Waals surface area contributed by atoms with Crippen LogP contribution in [0.2, 0.25) is 0 Å². The van der Waals surface area contributed by atoms with E-state index in [9.17, 15) is 30.7 Å². The van der Waals surface area contributed by atoms with E-state index in [4.69, 9.17) is 0 Å². The smallest absolute Gasteiger partial charge is 0.306 e. The molecule has 12 heavy (non-hydrogen) atoms. The molecule has 0 aromatic rings. The normalized spacial score (nSPS) is 15.0. The highest BCUT2D eigenvalue weighted by atomic mass is 19.4. The van der Waals surface area contributed by atoms with Gasteiger partial charge >= 0.3 is 18.2 Å². The zero-order valence-corrected chi connectivity index (χ0v) is 5.13. The lowest BCUT2D eigenvalue weighted by molar-refractivity contribution is -0.413. The minimum absolute atomic E-state index is 2.23. The third-order valence-corrected chi connectivity index (χ3v) is 0.870. The highest BCUT2D eigenvalue weighted by Gasteiger charge is 2.74. The first-order valence-electron chi connectivity index (χ1n) is 2.26. The van der Waals surface area contributed by atoms with Crippen molar-refractivity contribution in [3.8, 4) is 0 Å². The van der Waals surface area contributed by atoms with Crippen molar-refractivity contribution in [3.63, 3.8) is 0 Å². The van der Waals surface area contributed by atoms with Gasteiger partial charge in [0.15, 0.2) is 0 Å². The Kier molecular flexibility index (Phi) is 2.63. The van der Waals surface area contributed by atoms with Crippen molar-refractivity contribution >= 4 is 0 Å². The molecule has 0 rings (SSSR count). The van der Waals surface area contributed by atoms with Gasteiger partial charge in [0, 0.05) is 0 Å². The van der Waals surface area contributed by atoms with Gasteiger partial charge in [-0.3, -0.25) is 0 Å². The van der Waals surface area contributed by atoms with Gasteiger partial charge in [-0.05, 0) is 0 Å². The molecule has 0 heterocycles. The molecule has 0 bridgehead atoms. The van der Waals surface area contributed by atoms with E-state index in [1.165, 1.54) is 0 Å². The highest BCUT2D eigenvalue weighted by molar-refractivity contribution is 4.84.